The van der Waals surface area contributed by atoms with Crippen LogP contribution in [-0.2, 0) is 14.4 Å². The second-order valence-electron chi connectivity index (χ2n) is 15.3. The van der Waals surface area contributed by atoms with Gasteiger partial charge in [-0.05, 0) is 84.6 Å². The van der Waals surface area contributed by atoms with Gasteiger partial charge in [0.1, 0.15) is 17.3 Å². The zero-order valence-corrected chi connectivity index (χ0v) is 44.9. The Hall–Kier alpha value is -6.91. The summed E-state index contributed by atoms with van der Waals surface area (Å²) in [6, 6.07) is 33.3. The minimum Gasteiger partial charge on any atom is -0.506 e. The number of nitrogens with zero attached hydrogens (tertiary/aromatic N) is 8. The number of aliphatic hydroxyl groups excluding tert-OH is 3. The Kier molecular flexibility index (Phi) is 21.9. The number of hydrogen-bond acceptors (Lipinski definition) is 15. The fraction of sp³-hybridized carbons (Fsp3) is 0.137. The van der Waals surface area contributed by atoms with Crippen molar-refractivity contribution < 1.29 is 119 Å². The molecule has 14 nitrogen and oxygen atoms in total. The van der Waals surface area contributed by atoms with Crippen LogP contribution >= 0.6 is 34.0 Å². The van der Waals surface area contributed by atoms with Gasteiger partial charge in [-0.1, -0.05) is 54.6 Å². The van der Waals surface area contributed by atoms with Crippen LogP contribution in [0, 0.1) is 49.4 Å². The minimum absolute atomic E-state index is 0. The van der Waals surface area contributed by atoms with Crippen LogP contribution in [0.25, 0.3) is 62.4 Å². The van der Waals surface area contributed by atoms with Crippen LogP contribution in [-0.4, -0.2) is 98.8 Å². The number of carbonyl (C=O) groups is 3. The summed E-state index contributed by atoms with van der Waals surface area (Å²) in [4.78, 5) is 48.7. The Balaban J connectivity index is 0.000000217. The molecule has 3 N–H and O–H groups in total. The summed E-state index contributed by atoms with van der Waals surface area (Å²) in [7, 11) is 0. The first-order valence-corrected chi connectivity index (χ1v) is 24.8. The Morgan fingerprint density at radius 3 is 1.17 bits per heavy atom. The standard InChI is InChI=1S/C27H24N8.3C8H5F3O2S.Eu/c1-3-33(4-2)22-15-13-19(14-16-22)25-30-26(34-23-11-7-5-9-20(23)17-28-34)32-27(31-25)35-24-12-8-6-10-21(24)18-29-35;3*9-8(10,11)7(13)4-5(12)6-2-1-3-14-6;/h5-18H,3-4H2,1-2H3;3*1-4,12H;. The predicted octanol–water partition coefficient (Wildman–Crippen LogP) is 13.4. The van der Waals surface area contributed by atoms with Crippen LogP contribution in [0.3, 0.4) is 0 Å². The third kappa shape index (κ3) is 16.8. The molecule has 9 rings (SSSR count). The van der Waals surface area contributed by atoms with Crippen LogP contribution in [0.4, 0.5) is 45.2 Å². The Bertz CT molecular complexity index is 3260. The van der Waals surface area contributed by atoms with Gasteiger partial charge in [0.2, 0.25) is 0 Å². The van der Waals surface area contributed by atoms with Gasteiger partial charge in [0.05, 0.1) is 38.1 Å². The molecule has 27 heteroatoms. The van der Waals surface area contributed by atoms with Crippen LogP contribution in [0.2, 0.25) is 0 Å². The Morgan fingerprint density at radius 1 is 0.513 bits per heavy atom. The van der Waals surface area contributed by atoms with Gasteiger partial charge < -0.3 is 20.2 Å². The quantitative estimate of drug-likeness (QED) is 0.0597. The predicted molar refractivity (Wildman–Crippen MR) is 276 cm³/mol. The van der Waals surface area contributed by atoms with Crippen molar-refractivity contribution in [2.24, 2.45) is 0 Å². The number of para-hydroxylation sites is 2. The SMILES string of the molecule is CCN(CC)c1ccc(-c2nc(-n3ncc4ccccc43)nc(-n3ncc4ccccc43)n2)cc1.O=C(C=C(O)c1cccs1)C(F)(F)F.O=C(C=C(O)c1cccs1)C(F)(F)F.O=C(C=C(O)c1cccs1)C(F)(F)F.[Eu]. The van der Waals surface area contributed by atoms with Gasteiger partial charge in [-0.3, -0.25) is 14.4 Å². The number of ketones is 3. The molecule has 0 aliphatic rings. The number of thiophene rings is 3. The summed E-state index contributed by atoms with van der Waals surface area (Å²) in [5.41, 5.74) is 3.93. The van der Waals surface area contributed by atoms with E-state index in [0.717, 1.165) is 74.5 Å². The number of aliphatic hydroxyl groups is 3. The van der Waals surface area contributed by atoms with Crippen LogP contribution in [0.15, 0.2) is 156 Å². The third-order valence-corrected chi connectivity index (χ3v) is 12.8. The smallest absolute Gasteiger partial charge is 0.454 e. The number of aromatic nitrogens is 7. The molecule has 0 aliphatic heterocycles. The van der Waals surface area contributed by atoms with Crippen LogP contribution < -0.4 is 4.90 Å². The van der Waals surface area contributed by atoms with E-state index in [-0.39, 0.29) is 82.2 Å². The summed E-state index contributed by atoms with van der Waals surface area (Å²) >= 11 is 3.14. The minimum atomic E-state index is -4.94. The normalized spacial score (nSPS) is 12.1. The number of hydrogen-bond donors (Lipinski definition) is 3. The Labute approximate surface area is 489 Å². The molecule has 1 radical (unpaired) electrons. The fourth-order valence-corrected chi connectivity index (χ4v) is 8.37. The van der Waals surface area contributed by atoms with Gasteiger partial charge in [0, 0.05) is 103 Å². The molecule has 0 saturated heterocycles. The van der Waals surface area contributed by atoms with Gasteiger partial charge in [0.25, 0.3) is 29.2 Å². The van der Waals surface area contributed by atoms with Crippen LogP contribution in [0.1, 0.15) is 28.5 Å². The maximum atomic E-state index is 11.7. The molecule has 78 heavy (non-hydrogen) atoms. The zero-order chi connectivity index (χ0) is 56.1. The monoisotopic (exact) mass is 1280 g/mol. The molecule has 0 aliphatic carbocycles. The molecule has 0 amide bonds. The maximum absolute atomic E-state index is 11.7. The van der Waals surface area contributed by atoms with E-state index >= 15 is 0 Å². The van der Waals surface area contributed by atoms with Crippen molar-refractivity contribution in [3.63, 3.8) is 0 Å². The number of fused-ring (bicyclic) bond motifs is 2. The van der Waals surface area contributed by atoms with Crippen molar-refractivity contribution in [3.05, 3.63) is 171 Å². The molecule has 0 saturated carbocycles. The molecular weight excluding hydrogens is 1240 g/mol. The number of benzene rings is 3. The first kappa shape index (κ1) is 61.9. The van der Waals surface area contributed by atoms with Gasteiger partial charge >= 0.3 is 18.5 Å². The third-order valence-electron chi connectivity index (χ3n) is 10.2. The summed E-state index contributed by atoms with van der Waals surface area (Å²) < 4.78 is 109. The van der Waals surface area contributed by atoms with Crippen molar-refractivity contribution >= 4 is 96.1 Å². The zero-order valence-electron chi connectivity index (χ0n) is 40.1. The van der Waals surface area contributed by atoms with Crippen molar-refractivity contribution in [2.45, 2.75) is 32.4 Å². The second-order valence-corrected chi connectivity index (χ2v) is 18.2. The molecular formula is C51H39EuF9N8O6S3. The van der Waals surface area contributed by atoms with Gasteiger partial charge in [-0.25, -0.2) is 0 Å². The van der Waals surface area contributed by atoms with E-state index in [4.69, 9.17) is 30.3 Å². The van der Waals surface area contributed by atoms with E-state index in [1.807, 2.05) is 60.9 Å². The molecule has 0 unspecified atom stereocenters. The van der Waals surface area contributed by atoms with Gasteiger partial charge in [-0.15, -0.1) is 34.0 Å². The second kappa shape index (κ2) is 27.6. The van der Waals surface area contributed by atoms with Gasteiger partial charge in [0.15, 0.2) is 5.82 Å². The summed E-state index contributed by atoms with van der Waals surface area (Å²) in [5.74, 6) is -6.74. The summed E-state index contributed by atoms with van der Waals surface area (Å²) in [5, 5.41) is 43.2. The van der Waals surface area contributed by atoms with Crippen molar-refractivity contribution in [3.8, 4) is 23.3 Å². The van der Waals surface area contributed by atoms with E-state index in [1.165, 1.54) is 23.9 Å². The fourth-order valence-electron chi connectivity index (χ4n) is 6.45. The van der Waals surface area contributed by atoms with E-state index < -0.39 is 53.2 Å². The number of halogens is 9. The number of anilines is 1. The van der Waals surface area contributed by atoms with Crippen LogP contribution in [0.5, 0.6) is 0 Å². The number of allylic oxidation sites excluding steroid dienone is 3. The Morgan fingerprint density at radius 2 is 0.859 bits per heavy atom. The van der Waals surface area contributed by atoms with Crippen molar-refractivity contribution in [1.29, 1.82) is 0 Å². The van der Waals surface area contributed by atoms with E-state index in [2.05, 4.69) is 53.2 Å². The van der Waals surface area contributed by atoms with E-state index in [9.17, 15) is 53.9 Å². The first-order valence-electron chi connectivity index (χ1n) is 22.1. The molecule has 0 bridgehead atoms. The number of carbonyl (C=O) groups excluding carboxylic acids is 3. The molecule has 6 heterocycles. The molecule has 3 aromatic carbocycles. The van der Waals surface area contributed by atoms with Gasteiger partial charge in [-0.2, -0.15) is 74.0 Å². The summed E-state index contributed by atoms with van der Waals surface area (Å²) in [6.07, 6.45) is -10.7. The van der Waals surface area contributed by atoms with E-state index in [1.54, 1.807) is 43.7 Å². The molecule has 407 valence electrons. The molecule has 6 aromatic heterocycles. The largest absolute Gasteiger partial charge is 0.506 e. The number of alkyl halides is 9. The first-order chi connectivity index (χ1) is 36.5. The van der Waals surface area contributed by atoms with Crippen molar-refractivity contribution in [1.82, 2.24) is 34.5 Å². The molecule has 0 spiro atoms. The molecule has 9 aromatic rings. The average Bonchev–Trinajstić information content (AvgIpc) is 4.29. The maximum Gasteiger partial charge on any atom is 0.454 e. The average molecular weight is 1280 g/mol. The molecule has 0 fully saturated rings. The topological polar surface area (TPSA) is 189 Å². The number of rotatable bonds is 12. The van der Waals surface area contributed by atoms with Crippen molar-refractivity contribution in [2.75, 3.05) is 18.0 Å². The summed E-state index contributed by atoms with van der Waals surface area (Å²) in [6.45, 7) is 6.22. The van der Waals surface area contributed by atoms with E-state index in [0.29, 0.717) is 17.7 Å². The molecule has 0 atom stereocenters.